The monoisotopic (exact) mass is 269 g/mol. The van der Waals surface area contributed by atoms with Gasteiger partial charge in [-0.15, -0.1) is 0 Å². The third kappa shape index (κ3) is 1.80. The van der Waals surface area contributed by atoms with Crippen molar-refractivity contribution in [2.75, 3.05) is 11.9 Å². The van der Waals surface area contributed by atoms with Gasteiger partial charge in [-0.25, -0.2) is 4.79 Å². The minimum Gasteiger partial charge on any atom is -0.384 e. The number of imidazole rings is 1. The van der Waals surface area contributed by atoms with Crippen molar-refractivity contribution in [3.05, 3.63) is 51.7 Å². The molecule has 4 heteroatoms. The molecule has 0 bridgehead atoms. The van der Waals surface area contributed by atoms with Crippen LogP contribution in [0.5, 0.6) is 0 Å². The summed E-state index contributed by atoms with van der Waals surface area (Å²) < 4.78 is 3.48. The summed E-state index contributed by atoms with van der Waals surface area (Å²) in [6.07, 6.45) is 4.95. The Kier molecular flexibility index (Phi) is 3.01. The summed E-state index contributed by atoms with van der Waals surface area (Å²) in [7, 11) is 1.82. The highest BCUT2D eigenvalue weighted by Crippen LogP contribution is 2.25. The highest BCUT2D eigenvalue weighted by molar-refractivity contribution is 5.60. The van der Waals surface area contributed by atoms with Crippen LogP contribution in [-0.2, 0) is 13.5 Å². The van der Waals surface area contributed by atoms with Gasteiger partial charge in [0.25, 0.3) is 0 Å². The van der Waals surface area contributed by atoms with Gasteiger partial charge in [0.2, 0.25) is 0 Å². The van der Waals surface area contributed by atoms with Crippen molar-refractivity contribution in [2.45, 2.75) is 20.3 Å². The van der Waals surface area contributed by atoms with E-state index in [9.17, 15) is 4.79 Å². The second-order valence-corrected chi connectivity index (χ2v) is 5.17. The van der Waals surface area contributed by atoms with Gasteiger partial charge in [-0.2, -0.15) is 0 Å². The molecule has 0 aliphatic carbocycles. The molecule has 0 atom stereocenters. The number of nitrogens with zero attached hydrogens (tertiary/aromatic N) is 2. The Morgan fingerprint density at radius 1 is 1.35 bits per heavy atom. The normalized spacial score (nSPS) is 13.8. The molecule has 0 fully saturated rings. The van der Waals surface area contributed by atoms with E-state index in [1.807, 2.05) is 39.1 Å². The number of fused-ring (bicyclic) bond motifs is 1. The average Bonchev–Trinajstić information content (AvgIpc) is 2.98. The molecule has 2 aromatic rings. The van der Waals surface area contributed by atoms with E-state index in [4.69, 9.17) is 0 Å². The van der Waals surface area contributed by atoms with E-state index < -0.39 is 0 Å². The van der Waals surface area contributed by atoms with Crippen LogP contribution in [0.4, 0.5) is 5.69 Å². The lowest BCUT2D eigenvalue weighted by molar-refractivity contribution is 0.816. The zero-order valence-corrected chi connectivity index (χ0v) is 12.1. The first-order chi connectivity index (χ1) is 9.63. The first kappa shape index (κ1) is 12.8. The number of benzene rings is 1. The van der Waals surface area contributed by atoms with Gasteiger partial charge in [0.15, 0.2) is 0 Å². The molecule has 1 aromatic heterocycles. The number of anilines is 1. The number of aromatic nitrogens is 2. The smallest absolute Gasteiger partial charge is 0.333 e. The van der Waals surface area contributed by atoms with Crippen LogP contribution in [0.2, 0.25) is 0 Å². The van der Waals surface area contributed by atoms with Crippen LogP contribution in [0, 0.1) is 6.92 Å². The summed E-state index contributed by atoms with van der Waals surface area (Å²) in [6.45, 7) is 4.93. The molecule has 0 unspecified atom stereocenters. The van der Waals surface area contributed by atoms with Crippen LogP contribution < -0.4 is 11.0 Å². The summed E-state index contributed by atoms with van der Waals surface area (Å²) in [5.74, 6) is 0. The predicted octanol–water partition coefficient (Wildman–Crippen LogP) is 2.49. The largest absolute Gasteiger partial charge is 0.384 e. The van der Waals surface area contributed by atoms with Crippen molar-refractivity contribution in [3.8, 4) is 5.69 Å². The number of nitrogens with one attached hydrogen (secondary N) is 1. The van der Waals surface area contributed by atoms with Crippen molar-refractivity contribution < 1.29 is 0 Å². The minimum absolute atomic E-state index is 0.00139. The molecule has 1 aliphatic heterocycles. The Morgan fingerprint density at radius 3 is 2.90 bits per heavy atom. The summed E-state index contributed by atoms with van der Waals surface area (Å²) in [5, 5.41) is 3.34. The van der Waals surface area contributed by atoms with Gasteiger partial charge in [0.1, 0.15) is 0 Å². The molecular formula is C16H19N3O. The second kappa shape index (κ2) is 4.71. The van der Waals surface area contributed by atoms with E-state index in [0.717, 1.165) is 30.0 Å². The Labute approximate surface area is 118 Å². The van der Waals surface area contributed by atoms with E-state index in [1.165, 1.54) is 11.3 Å². The minimum atomic E-state index is 0.00139. The Balaban J connectivity index is 2.20. The van der Waals surface area contributed by atoms with Crippen LogP contribution in [0.25, 0.3) is 11.8 Å². The molecule has 0 radical (unpaired) electrons. The van der Waals surface area contributed by atoms with Gasteiger partial charge in [0, 0.05) is 25.0 Å². The fraction of sp³-hybridized carbons (Fsp3) is 0.312. The van der Waals surface area contributed by atoms with Gasteiger partial charge in [-0.3, -0.25) is 9.13 Å². The van der Waals surface area contributed by atoms with Crippen molar-refractivity contribution in [1.82, 2.24) is 9.13 Å². The highest BCUT2D eigenvalue weighted by atomic mass is 16.1. The van der Waals surface area contributed by atoms with E-state index >= 15 is 0 Å². The number of hydrogen-bond acceptors (Lipinski definition) is 2. The Hall–Kier alpha value is -2.23. The molecule has 0 amide bonds. The molecule has 1 aliphatic rings. The number of allylic oxidation sites excluding steroid dienone is 1. The van der Waals surface area contributed by atoms with Crippen LogP contribution in [-0.4, -0.2) is 15.7 Å². The topological polar surface area (TPSA) is 39.0 Å². The molecule has 1 N–H and O–H groups in total. The SMILES string of the molecule is C/C=C\c1c(C)n(-c2ccc3c(c2)CCN3)c(=O)n1C. The van der Waals surface area contributed by atoms with E-state index in [2.05, 4.69) is 17.4 Å². The average molecular weight is 269 g/mol. The van der Waals surface area contributed by atoms with Gasteiger partial charge < -0.3 is 5.32 Å². The highest BCUT2D eigenvalue weighted by Gasteiger charge is 2.16. The number of hydrogen-bond donors (Lipinski definition) is 1. The predicted molar refractivity (Wildman–Crippen MR) is 82.6 cm³/mol. The zero-order valence-electron chi connectivity index (χ0n) is 12.1. The third-order valence-corrected chi connectivity index (χ3v) is 3.93. The zero-order chi connectivity index (χ0) is 14.3. The molecule has 2 heterocycles. The Morgan fingerprint density at radius 2 is 2.15 bits per heavy atom. The molecule has 0 spiro atoms. The van der Waals surface area contributed by atoms with Crippen molar-refractivity contribution in [3.63, 3.8) is 0 Å². The fourth-order valence-electron chi connectivity index (χ4n) is 2.88. The molecule has 20 heavy (non-hydrogen) atoms. The lowest BCUT2D eigenvalue weighted by Crippen LogP contribution is -2.21. The van der Waals surface area contributed by atoms with E-state index in [0.29, 0.717) is 0 Å². The van der Waals surface area contributed by atoms with Crippen molar-refractivity contribution in [1.29, 1.82) is 0 Å². The lowest BCUT2D eigenvalue weighted by atomic mass is 10.1. The summed E-state index contributed by atoms with van der Waals surface area (Å²) in [5.41, 5.74) is 5.34. The molecule has 1 aromatic carbocycles. The maximum atomic E-state index is 12.5. The van der Waals surface area contributed by atoms with Crippen molar-refractivity contribution in [2.24, 2.45) is 7.05 Å². The van der Waals surface area contributed by atoms with Crippen LogP contribution in [0.15, 0.2) is 29.1 Å². The van der Waals surface area contributed by atoms with Gasteiger partial charge in [0.05, 0.1) is 11.4 Å². The van der Waals surface area contributed by atoms with E-state index in [-0.39, 0.29) is 5.69 Å². The molecular weight excluding hydrogens is 250 g/mol. The number of rotatable bonds is 2. The van der Waals surface area contributed by atoms with E-state index in [1.54, 1.807) is 9.13 Å². The Bertz CT molecular complexity index is 750. The quantitative estimate of drug-likeness (QED) is 0.909. The van der Waals surface area contributed by atoms with Gasteiger partial charge in [-0.05, 0) is 50.1 Å². The molecule has 0 saturated heterocycles. The molecule has 3 rings (SSSR count). The van der Waals surface area contributed by atoms with Crippen molar-refractivity contribution >= 4 is 11.8 Å². The van der Waals surface area contributed by atoms with Gasteiger partial charge in [-0.1, -0.05) is 6.08 Å². The maximum Gasteiger partial charge on any atom is 0.333 e. The lowest BCUT2D eigenvalue weighted by Gasteiger charge is -2.07. The second-order valence-electron chi connectivity index (χ2n) is 5.17. The van der Waals surface area contributed by atoms with Gasteiger partial charge >= 0.3 is 5.69 Å². The fourth-order valence-corrected chi connectivity index (χ4v) is 2.88. The summed E-state index contributed by atoms with van der Waals surface area (Å²) in [4.78, 5) is 12.5. The van der Waals surface area contributed by atoms with Crippen LogP contribution in [0.1, 0.15) is 23.9 Å². The summed E-state index contributed by atoms with van der Waals surface area (Å²) in [6, 6.07) is 6.18. The first-order valence-electron chi connectivity index (χ1n) is 6.91. The molecule has 104 valence electrons. The summed E-state index contributed by atoms with van der Waals surface area (Å²) >= 11 is 0. The van der Waals surface area contributed by atoms with Crippen LogP contribution in [0.3, 0.4) is 0 Å². The maximum absolute atomic E-state index is 12.5. The standard InChI is InChI=1S/C16H19N3O/c1-4-5-15-11(2)19(16(20)18(15)3)13-6-7-14-12(10-13)8-9-17-14/h4-7,10,17H,8-9H2,1-3H3/b5-4-. The van der Waals surface area contributed by atoms with Crippen LogP contribution >= 0.6 is 0 Å². The third-order valence-electron chi connectivity index (χ3n) is 3.93. The first-order valence-corrected chi connectivity index (χ1v) is 6.91. The molecule has 0 saturated carbocycles. The molecule has 4 nitrogen and oxygen atoms in total.